The number of rotatable bonds is 8. The Kier molecular flexibility index (Phi) is 7.66. The third-order valence-electron chi connectivity index (χ3n) is 5.63. The number of benzene rings is 1. The maximum atomic E-state index is 12.2. The first kappa shape index (κ1) is 24.0. The van der Waals surface area contributed by atoms with Crippen molar-refractivity contribution < 1.29 is 4.79 Å². The summed E-state index contributed by atoms with van der Waals surface area (Å²) >= 11 is 7.97. The van der Waals surface area contributed by atoms with Crippen molar-refractivity contribution in [2.75, 3.05) is 54.1 Å². The molecule has 3 heterocycles. The lowest BCUT2D eigenvalue weighted by molar-refractivity contribution is -0.111. The Bertz CT molecular complexity index is 1160. The second-order valence-corrected chi connectivity index (χ2v) is 9.56. The summed E-state index contributed by atoms with van der Waals surface area (Å²) < 4.78 is 0. The molecule has 0 atom stereocenters. The van der Waals surface area contributed by atoms with E-state index >= 15 is 0 Å². The molecule has 0 bridgehead atoms. The van der Waals surface area contributed by atoms with E-state index in [2.05, 4.69) is 61.5 Å². The predicted molar refractivity (Wildman–Crippen MR) is 142 cm³/mol. The van der Waals surface area contributed by atoms with Gasteiger partial charge in [0.1, 0.15) is 5.02 Å². The number of hydrogen-bond acceptors (Lipinski definition) is 8. The first-order valence-electron chi connectivity index (χ1n) is 11.0. The number of nitrogens with one attached hydrogen (secondary N) is 3. The van der Waals surface area contributed by atoms with Crippen molar-refractivity contribution in [3.05, 3.63) is 64.0 Å². The number of carbonyl (C=O) groups is 1. The number of anilines is 5. The lowest BCUT2D eigenvalue weighted by atomic mass is 10.1. The third-order valence-corrected chi connectivity index (χ3v) is 6.78. The molecule has 4 rings (SSSR count). The molecule has 34 heavy (non-hydrogen) atoms. The Hall–Kier alpha value is -3.14. The number of amides is 1. The Labute approximate surface area is 208 Å². The summed E-state index contributed by atoms with van der Waals surface area (Å²) in [5, 5.41) is 12.0. The Morgan fingerprint density at radius 3 is 2.76 bits per heavy atom. The first-order valence-corrected chi connectivity index (χ1v) is 12.3. The number of carbonyl (C=O) groups excluding carboxylic acids is 1. The van der Waals surface area contributed by atoms with Gasteiger partial charge in [-0.15, -0.1) is 11.3 Å². The van der Waals surface area contributed by atoms with Crippen LogP contribution in [0, 0.1) is 6.92 Å². The van der Waals surface area contributed by atoms with Crippen molar-refractivity contribution in [3.63, 3.8) is 0 Å². The Morgan fingerprint density at radius 1 is 1.26 bits per heavy atom. The highest BCUT2D eigenvalue weighted by molar-refractivity contribution is 7.09. The summed E-state index contributed by atoms with van der Waals surface area (Å²) in [6.07, 6.45) is 2.84. The molecule has 178 valence electrons. The molecular formula is C24H28ClN7OS. The number of halogens is 1. The SMILES string of the molecule is C=CC(=O)Nc1cc(Nc2ncc(Cl)c(NCc3cccs3)n2)c(C)cc1N1CCN(C)CC1. The highest BCUT2D eigenvalue weighted by Crippen LogP contribution is 2.34. The van der Waals surface area contributed by atoms with E-state index in [9.17, 15) is 4.79 Å². The molecule has 1 aromatic carbocycles. The fourth-order valence-corrected chi connectivity index (χ4v) is 4.48. The van der Waals surface area contributed by atoms with Gasteiger partial charge in [-0.3, -0.25) is 4.79 Å². The van der Waals surface area contributed by atoms with Gasteiger partial charge in [-0.05, 0) is 49.2 Å². The summed E-state index contributed by atoms with van der Waals surface area (Å²) in [6.45, 7) is 9.94. The van der Waals surface area contributed by atoms with Gasteiger partial charge in [0.25, 0.3) is 0 Å². The monoisotopic (exact) mass is 497 g/mol. The van der Waals surface area contributed by atoms with E-state index in [-0.39, 0.29) is 5.91 Å². The molecule has 1 aliphatic rings. The van der Waals surface area contributed by atoms with Crippen LogP contribution in [0.25, 0.3) is 0 Å². The lowest BCUT2D eigenvalue weighted by Gasteiger charge is -2.35. The Balaban J connectivity index is 1.58. The number of aromatic nitrogens is 2. The normalized spacial score (nSPS) is 14.0. The summed E-state index contributed by atoms with van der Waals surface area (Å²) in [5.41, 5.74) is 3.51. The molecule has 3 aromatic rings. The minimum absolute atomic E-state index is 0.256. The van der Waals surface area contributed by atoms with E-state index < -0.39 is 0 Å². The number of piperazine rings is 1. The molecule has 1 fully saturated rings. The van der Waals surface area contributed by atoms with Gasteiger partial charge < -0.3 is 25.8 Å². The highest BCUT2D eigenvalue weighted by atomic mass is 35.5. The van der Waals surface area contributed by atoms with Crippen molar-refractivity contribution in [2.45, 2.75) is 13.5 Å². The van der Waals surface area contributed by atoms with E-state index in [1.165, 1.54) is 11.0 Å². The lowest BCUT2D eigenvalue weighted by Crippen LogP contribution is -2.44. The average Bonchev–Trinajstić information content (AvgIpc) is 3.35. The summed E-state index contributed by atoms with van der Waals surface area (Å²) in [5.74, 6) is 0.710. The van der Waals surface area contributed by atoms with Crippen molar-refractivity contribution in [2.24, 2.45) is 0 Å². The summed E-state index contributed by atoms with van der Waals surface area (Å²) in [6, 6.07) is 8.06. The molecule has 0 spiro atoms. The number of aryl methyl sites for hydroxylation is 1. The number of thiophene rings is 1. The van der Waals surface area contributed by atoms with Gasteiger partial charge in [0, 0.05) is 36.7 Å². The molecule has 0 radical (unpaired) electrons. The number of hydrogen-bond donors (Lipinski definition) is 3. The predicted octanol–water partition coefficient (Wildman–Crippen LogP) is 4.73. The molecule has 10 heteroatoms. The maximum Gasteiger partial charge on any atom is 0.247 e. The standard InChI is InChI=1S/C24H28ClN7OS/c1-4-22(33)28-20-13-19(16(2)12-21(20)32-9-7-31(3)8-10-32)29-24-27-15-18(25)23(30-24)26-14-17-6-5-11-34-17/h4-6,11-13,15H,1,7-10,14H2,2-3H3,(H,28,33)(H2,26,27,29,30). The van der Waals surface area contributed by atoms with Gasteiger partial charge in [-0.2, -0.15) is 4.98 Å². The van der Waals surface area contributed by atoms with E-state index in [1.807, 2.05) is 24.4 Å². The second kappa shape index (κ2) is 10.9. The molecular weight excluding hydrogens is 470 g/mol. The molecule has 0 saturated carbocycles. The fraction of sp³-hybridized carbons (Fsp3) is 0.292. The van der Waals surface area contributed by atoms with Crippen molar-refractivity contribution >= 4 is 57.7 Å². The van der Waals surface area contributed by atoms with Crippen LogP contribution in [-0.4, -0.2) is 54.0 Å². The van der Waals surface area contributed by atoms with Crippen molar-refractivity contribution in [1.29, 1.82) is 0 Å². The molecule has 0 aliphatic carbocycles. The van der Waals surface area contributed by atoms with E-state index in [1.54, 1.807) is 17.5 Å². The zero-order valence-electron chi connectivity index (χ0n) is 19.3. The van der Waals surface area contributed by atoms with E-state index in [4.69, 9.17) is 11.6 Å². The minimum Gasteiger partial charge on any atom is -0.367 e. The van der Waals surface area contributed by atoms with Gasteiger partial charge in [0.05, 0.1) is 24.1 Å². The van der Waals surface area contributed by atoms with Crippen LogP contribution in [0.5, 0.6) is 0 Å². The van der Waals surface area contributed by atoms with Crippen LogP contribution in [0.2, 0.25) is 5.02 Å². The molecule has 3 N–H and O–H groups in total. The molecule has 1 saturated heterocycles. The molecule has 1 amide bonds. The molecule has 0 unspecified atom stereocenters. The average molecular weight is 498 g/mol. The minimum atomic E-state index is -0.256. The van der Waals surface area contributed by atoms with Gasteiger partial charge in [0.2, 0.25) is 11.9 Å². The van der Waals surface area contributed by atoms with Crippen LogP contribution >= 0.6 is 22.9 Å². The topological polar surface area (TPSA) is 85.4 Å². The highest BCUT2D eigenvalue weighted by Gasteiger charge is 2.20. The fourth-order valence-electron chi connectivity index (χ4n) is 3.68. The summed E-state index contributed by atoms with van der Waals surface area (Å²) in [7, 11) is 2.12. The van der Waals surface area contributed by atoms with Crippen LogP contribution in [0.4, 0.5) is 28.8 Å². The first-order chi connectivity index (χ1) is 16.4. The van der Waals surface area contributed by atoms with Crippen LogP contribution in [0.15, 0.2) is 48.5 Å². The maximum absolute atomic E-state index is 12.2. The van der Waals surface area contributed by atoms with Crippen LogP contribution < -0.4 is 20.9 Å². The van der Waals surface area contributed by atoms with Gasteiger partial charge in [-0.1, -0.05) is 24.2 Å². The van der Waals surface area contributed by atoms with E-state index in [0.717, 1.165) is 43.1 Å². The zero-order chi connectivity index (χ0) is 24.1. The van der Waals surface area contributed by atoms with E-state index in [0.29, 0.717) is 29.0 Å². The smallest absolute Gasteiger partial charge is 0.247 e. The zero-order valence-corrected chi connectivity index (χ0v) is 20.8. The molecule has 8 nitrogen and oxygen atoms in total. The van der Waals surface area contributed by atoms with Crippen LogP contribution in [0.1, 0.15) is 10.4 Å². The quantitative estimate of drug-likeness (QED) is 0.388. The molecule has 1 aliphatic heterocycles. The largest absolute Gasteiger partial charge is 0.367 e. The van der Waals surface area contributed by atoms with Gasteiger partial charge >= 0.3 is 0 Å². The molecule has 2 aromatic heterocycles. The van der Waals surface area contributed by atoms with Gasteiger partial charge in [0.15, 0.2) is 5.82 Å². The third kappa shape index (κ3) is 5.85. The van der Waals surface area contributed by atoms with Crippen molar-refractivity contribution in [3.8, 4) is 0 Å². The van der Waals surface area contributed by atoms with Crippen LogP contribution in [-0.2, 0) is 11.3 Å². The van der Waals surface area contributed by atoms with Crippen molar-refractivity contribution in [1.82, 2.24) is 14.9 Å². The van der Waals surface area contributed by atoms with Crippen LogP contribution in [0.3, 0.4) is 0 Å². The number of nitrogens with zero attached hydrogens (tertiary/aromatic N) is 4. The number of likely N-dealkylation sites (N-methyl/N-ethyl adjacent to an activating group) is 1. The van der Waals surface area contributed by atoms with Gasteiger partial charge in [-0.25, -0.2) is 4.98 Å². The Morgan fingerprint density at radius 2 is 2.06 bits per heavy atom. The second-order valence-electron chi connectivity index (χ2n) is 8.12. The summed E-state index contributed by atoms with van der Waals surface area (Å²) in [4.78, 5) is 26.8.